The van der Waals surface area contributed by atoms with E-state index in [-0.39, 0.29) is 18.1 Å². The Bertz CT molecular complexity index is 472. The molecule has 1 aromatic heterocycles. The van der Waals surface area contributed by atoms with Gasteiger partial charge in [-0.05, 0) is 38.0 Å². The second-order valence-electron chi connectivity index (χ2n) is 6.16. The van der Waals surface area contributed by atoms with Crippen molar-refractivity contribution >= 4 is 17.8 Å². The van der Waals surface area contributed by atoms with E-state index in [1.165, 1.54) is 25.7 Å². The van der Waals surface area contributed by atoms with Gasteiger partial charge in [0.05, 0.1) is 12.1 Å². The number of urea groups is 1. The number of carbonyl (C=O) groups excluding carboxylic acids is 1. The van der Waals surface area contributed by atoms with E-state index in [9.17, 15) is 4.79 Å². The molecule has 1 aromatic rings. The van der Waals surface area contributed by atoms with Crippen molar-refractivity contribution in [2.24, 2.45) is 0 Å². The largest absolute Gasteiger partial charge is 0.337 e. The normalized spacial score (nSPS) is 27.1. The minimum absolute atomic E-state index is 0.0284. The number of carbonyl (C=O) groups is 1. The maximum absolute atomic E-state index is 12.2. The van der Waals surface area contributed by atoms with Gasteiger partial charge in [-0.25, -0.2) is 4.79 Å². The number of hydrogen-bond acceptors (Lipinski definition) is 3. The molecule has 0 saturated heterocycles. The summed E-state index contributed by atoms with van der Waals surface area (Å²) in [5.41, 5.74) is 0. The number of nitrogens with zero attached hydrogens (tertiary/aromatic N) is 2. The van der Waals surface area contributed by atoms with Crippen LogP contribution in [-0.4, -0.2) is 39.4 Å². The molecule has 2 aliphatic rings. The van der Waals surface area contributed by atoms with E-state index >= 15 is 0 Å². The first-order valence-corrected chi connectivity index (χ1v) is 9.04. The summed E-state index contributed by atoms with van der Waals surface area (Å²) in [6, 6.07) is 2.39. The summed E-state index contributed by atoms with van der Waals surface area (Å²) in [4.78, 5) is 12.2. The maximum atomic E-state index is 12.2. The van der Waals surface area contributed by atoms with Crippen molar-refractivity contribution < 1.29 is 4.79 Å². The van der Waals surface area contributed by atoms with Crippen LogP contribution < -0.4 is 10.6 Å². The molecule has 0 radical (unpaired) electrons. The van der Waals surface area contributed by atoms with Crippen LogP contribution in [0, 0.1) is 0 Å². The topological polar surface area (TPSA) is 59.0 Å². The standard InChI is InChI=1S/C15H24N4OS/c1-21-15(7-8-15)11-16-14(20)18-12-5-2-3-6-13(12)19-10-4-9-17-19/h4,9-10,12-13H,2-3,5-8,11H2,1H3,(H2,16,18,20). The van der Waals surface area contributed by atoms with E-state index in [0.29, 0.717) is 4.75 Å². The molecule has 1 heterocycles. The predicted octanol–water partition coefficient (Wildman–Crippen LogP) is 2.56. The van der Waals surface area contributed by atoms with Crippen LogP contribution >= 0.6 is 11.8 Å². The molecule has 0 bridgehead atoms. The minimum atomic E-state index is -0.0284. The lowest BCUT2D eigenvalue weighted by atomic mass is 9.90. The third-order valence-corrected chi connectivity index (χ3v) is 6.14. The molecule has 2 N–H and O–H groups in total. The first-order valence-electron chi connectivity index (χ1n) is 7.81. The van der Waals surface area contributed by atoms with E-state index in [4.69, 9.17) is 0 Å². The SMILES string of the molecule is CSC1(CNC(=O)NC2CCCCC2n2cccn2)CC1. The van der Waals surface area contributed by atoms with E-state index in [2.05, 4.69) is 22.0 Å². The Morgan fingerprint density at radius 3 is 2.90 bits per heavy atom. The van der Waals surface area contributed by atoms with Gasteiger partial charge in [-0.15, -0.1) is 0 Å². The van der Waals surface area contributed by atoms with Gasteiger partial charge >= 0.3 is 6.03 Å². The Morgan fingerprint density at radius 2 is 2.24 bits per heavy atom. The van der Waals surface area contributed by atoms with Crippen LogP contribution in [0.3, 0.4) is 0 Å². The smallest absolute Gasteiger partial charge is 0.315 e. The Kier molecular flexibility index (Phi) is 4.42. The fraction of sp³-hybridized carbons (Fsp3) is 0.733. The van der Waals surface area contributed by atoms with E-state index in [1.54, 1.807) is 6.20 Å². The molecule has 5 nitrogen and oxygen atoms in total. The highest BCUT2D eigenvalue weighted by atomic mass is 32.2. The average molecular weight is 308 g/mol. The first kappa shape index (κ1) is 14.8. The van der Waals surface area contributed by atoms with Gasteiger partial charge in [-0.1, -0.05) is 12.8 Å². The number of amides is 2. The van der Waals surface area contributed by atoms with E-state index in [0.717, 1.165) is 19.4 Å². The van der Waals surface area contributed by atoms with Gasteiger partial charge in [-0.3, -0.25) is 4.68 Å². The zero-order valence-electron chi connectivity index (χ0n) is 12.5. The molecule has 0 aliphatic heterocycles. The van der Waals surface area contributed by atoms with Crippen LogP contribution in [0.15, 0.2) is 18.5 Å². The van der Waals surface area contributed by atoms with Crippen LogP contribution in [0.25, 0.3) is 0 Å². The van der Waals surface area contributed by atoms with Crippen LogP contribution in [0.2, 0.25) is 0 Å². The molecule has 2 fully saturated rings. The second kappa shape index (κ2) is 6.30. The molecule has 2 saturated carbocycles. The number of hydrogen-bond donors (Lipinski definition) is 2. The van der Waals surface area contributed by atoms with Gasteiger partial charge < -0.3 is 10.6 Å². The highest BCUT2D eigenvalue weighted by molar-refractivity contribution is 8.00. The first-order chi connectivity index (χ1) is 10.2. The van der Waals surface area contributed by atoms with E-state index < -0.39 is 0 Å². The third kappa shape index (κ3) is 3.54. The Labute approximate surface area is 130 Å². The van der Waals surface area contributed by atoms with Crippen molar-refractivity contribution in [3.8, 4) is 0 Å². The lowest BCUT2D eigenvalue weighted by Gasteiger charge is -2.32. The number of aromatic nitrogens is 2. The van der Waals surface area contributed by atoms with Crippen LogP contribution in [0.1, 0.15) is 44.6 Å². The summed E-state index contributed by atoms with van der Waals surface area (Å²) in [6.07, 6.45) is 12.9. The van der Waals surface area contributed by atoms with Crippen LogP contribution in [0.5, 0.6) is 0 Å². The molecule has 2 aliphatic carbocycles. The lowest BCUT2D eigenvalue weighted by Crippen LogP contribution is -2.48. The van der Waals surface area contributed by atoms with Gasteiger partial charge in [0.1, 0.15) is 0 Å². The van der Waals surface area contributed by atoms with Crippen molar-refractivity contribution in [2.45, 2.75) is 55.4 Å². The van der Waals surface area contributed by atoms with Crippen molar-refractivity contribution in [3.63, 3.8) is 0 Å². The number of nitrogens with one attached hydrogen (secondary N) is 2. The summed E-state index contributed by atoms with van der Waals surface area (Å²) < 4.78 is 2.31. The second-order valence-corrected chi connectivity index (χ2v) is 7.43. The third-order valence-electron chi connectivity index (χ3n) is 4.72. The van der Waals surface area contributed by atoms with E-state index in [1.807, 2.05) is 28.7 Å². The lowest BCUT2D eigenvalue weighted by molar-refractivity contribution is 0.214. The summed E-state index contributed by atoms with van der Waals surface area (Å²) in [5.74, 6) is 0. The summed E-state index contributed by atoms with van der Waals surface area (Å²) in [6.45, 7) is 0.777. The molecule has 0 aromatic carbocycles. The maximum Gasteiger partial charge on any atom is 0.315 e. The molecule has 3 rings (SSSR count). The number of thioether (sulfide) groups is 1. The molecule has 116 valence electrons. The molecular formula is C15H24N4OS. The Morgan fingerprint density at radius 1 is 1.43 bits per heavy atom. The quantitative estimate of drug-likeness (QED) is 0.879. The average Bonchev–Trinajstić information content (AvgIpc) is 3.09. The molecule has 0 spiro atoms. The van der Waals surface area contributed by atoms with Crippen molar-refractivity contribution in [1.29, 1.82) is 0 Å². The summed E-state index contributed by atoms with van der Waals surface area (Å²) in [7, 11) is 0. The zero-order chi connectivity index (χ0) is 14.7. The van der Waals surface area contributed by atoms with Crippen LogP contribution in [-0.2, 0) is 0 Å². The summed E-state index contributed by atoms with van der Waals surface area (Å²) in [5, 5.41) is 10.6. The molecule has 2 atom stereocenters. The monoisotopic (exact) mass is 308 g/mol. The van der Waals surface area contributed by atoms with Crippen molar-refractivity contribution in [3.05, 3.63) is 18.5 Å². The fourth-order valence-electron chi connectivity index (χ4n) is 3.13. The van der Waals surface area contributed by atoms with Crippen LogP contribution in [0.4, 0.5) is 4.79 Å². The molecule has 6 heteroatoms. The van der Waals surface area contributed by atoms with Gasteiger partial charge in [-0.2, -0.15) is 16.9 Å². The Hall–Kier alpha value is -1.17. The van der Waals surface area contributed by atoms with Gasteiger partial charge in [0.15, 0.2) is 0 Å². The highest BCUT2D eigenvalue weighted by Gasteiger charge is 2.42. The molecular weight excluding hydrogens is 284 g/mol. The van der Waals surface area contributed by atoms with Crippen molar-refractivity contribution in [2.75, 3.05) is 12.8 Å². The summed E-state index contributed by atoms with van der Waals surface area (Å²) >= 11 is 1.87. The fourth-order valence-corrected chi connectivity index (χ4v) is 3.85. The molecule has 21 heavy (non-hydrogen) atoms. The predicted molar refractivity (Wildman–Crippen MR) is 85.5 cm³/mol. The van der Waals surface area contributed by atoms with Gasteiger partial charge in [0.25, 0.3) is 0 Å². The minimum Gasteiger partial charge on any atom is -0.337 e. The van der Waals surface area contributed by atoms with Gasteiger partial charge in [0, 0.05) is 23.7 Å². The molecule has 2 unspecified atom stereocenters. The Balaban J connectivity index is 1.53. The zero-order valence-corrected chi connectivity index (χ0v) is 13.4. The molecule has 2 amide bonds. The van der Waals surface area contributed by atoms with Crippen molar-refractivity contribution in [1.82, 2.24) is 20.4 Å². The highest BCUT2D eigenvalue weighted by Crippen LogP contribution is 2.46. The number of rotatable bonds is 5. The van der Waals surface area contributed by atoms with Gasteiger partial charge in [0.2, 0.25) is 0 Å².